The van der Waals surface area contributed by atoms with E-state index in [2.05, 4.69) is 15.4 Å². The van der Waals surface area contributed by atoms with Gasteiger partial charge in [-0.3, -0.25) is 4.79 Å². The van der Waals surface area contributed by atoms with Crippen molar-refractivity contribution in [3.05, 3.63) is 45.9 Å². The van der Waals surface area contributed by atoms with E-state index in [0.29, 0.717) is 23.3 Å². The van der Waals surface area contributed by atoms with E-state index in [0.717, 1.165) is 11.1 Å². The lowest BCUT2D eigenvalue weighted by atomic mass is 10.1. The molecule has 0 bridgehead atoms. The van der Waals surface area contributed by atoms with Gasteiger partial charge in [0.25, 0.3) is 5.56 Å². The molecule has 1 aromatic carbocycles. The number of nitrogens with zero attached hydrogens (tertiary/aromatic N) is 5. The molecule has 0 saturated carbocycles. The van der Waals surface area contributed by atoms with Gasteiger partial charge in [-0.25, -0.2) is 9.36 Å². The van der Waals surface area contributed by atoms with E-state index in [1.54, 1.807) is 7.05 Å². The van der Waals surface area contributed by atoms with Gasteiger partial charge in [-0.2, -0.15) is 5.10 Å². The van der Waals surface area contributed by atoms with Crippen LogP contribution >= 0.6 is 0 Å². The second-order valence-electron chi connectivity index (χ2n) is 4.69. The Kier molecular flexibility index (Phi) is 2.74. The molecule has 7 heteroatoms. The predicted octanol–water partition coefficient (Wildman–Crippen LogP) is 0.464. The highest BCUT2D eigenvalue weighted by molar-refractivity contribution is 5.72. The average Bonchev–Trinajstić information content (AvgIpc) is 2.80. The Hall–Kier alpha value is -2.70. The van der Waals surface area contributed by atoms with Crippen molar-refractivity contribution in [3.63, 3.8) is 0 Å². The van der Waals surface area contributed by atoms with Gasteiger partial charge in [0.05, 0.1) is 12.7 Å². The molecule has 2 heterocycles. The minimum Gasteiger partial charge on any atom is -0.399 e. The normalized spacial score (nSPS) is 11.1. The number of aryl methyl sites for hydroxylation is 1. The standard InChI is InChI=1S/C13H14N6O/c1-8-9(4-3-5-11(8)14)7-19-13(20)10-6-15-18(2)12(10)16-17-19/h3-6H,7,14H2,1-2H3. The first-order valence-electron chi connectivity index (χ1n) is 6.17. The summed E-state index contributed by atoms with van der Waals surface area (Å²) in [6.45, 7) is 2.26. The van der Waals surface area contributed by atoms with Gasteiger partial charge in [0.15, 0.2) is 5.65 Å². The van der Waals surface area contributed by atoms with E-state index in [1.807, 2.05) is 25.1 Å². The number of fused-ring (bicyclic) bond motifs is 1. The SMILES string of the molecule is Cc1c(N)cccc1Cn1nnc2c(cnn2C)c1=O. The lowest BCUT2D eigenvalue weighted by Crippen LogP contribution is -2.25. The third-order valence-corrected chi connectivity index (χ3v) is 3.43. The molecule has 0 aliphatic rings. The first-order valence-corrected chi connectivity index (χ1v) is 6.17. The van der Waals surface area contributed by atoms with Crippen molar-refractivity contribution in [1.82, 2.24) is 24.8 Å². The van der Waals surface area contributed by atoms with Gasteiger partial charge in [-0.1, -0.05) is 17.3 Å². The summed E-state index contributed by atoms with van der Waals surface area (Å²) in [6.07, 6.45) is 1.51. The number of anilines is 1. The summed E-state index contributed by atoms with van der Waals surface area (Å²) < 4.78 is 2.85. The van der Waals surface area contributed by atoms with Crippen LogP contribution < -0.4 is 11.3 Å². The van der Waals surface area contributed by atoms with E-state index >= 15 is 0 Å². The summed E-state index contributed by atoms with van der Waals surface area (Å²) in [7, 11) is 1.73. The molecule has 0 aliphatic carbocycles. The molecule has 20 heavy (non-hydrogen) atoms. The molecule has 0 atom stereocenters. The van der Waals surface area contributed by atoms with Gasteiger partial charge in [-0.05, 0) is 24.1 Å². The Balaban J connectivity index is 2.09. The molecule has 0 radical (unpaired) electrons. The molecule has 0 fully saturated rings. The zero-order valence-electron chi connectivity index (χ0n) is 11.2. The number of hydrogen-bond donors (Lipinski definition) is 1. The van der Waals surface area contributed by atoms with Gasteiger partial charge < -0.3 is 5.73 Å². The van der Waals surface area contributed by atoms with Gasteiger partial charge in [-0.15, -0.1) is 5.10 Å². The largest absolute Gasteiger partial charge is 0.399 e. The fourth-order valence-corrected chi connectivity index (χ4v) is 2.12. The first-order chi connectivity index (χ1) is 9.58. The van der Waals surface area contributed by atoms with Gasteiger partial charge in [0, 0.05) is 12.7 Å². The lowest BCUT2D eigenvalue weighted by molar-refractivity contribution is 0.594. The third kappa shape index (κ3) is 1.83. The number of benzene rings is 1. The molecule has 102 valence electrons. The van der Waals surface area contributed by atoms with Crippen LogP contribution in [0.5, 0.6) is 0 Å². The molecule has 0 saturated heterocycles. The van der Waals surface area contributed by atoms with E-state index in [9.17, 15) is 4.79 Å². The van der Waals surface area contributed by atoms with Crippen molar-refractivity contribution in [3.8, 4) is 0 Å². The average molecular weight is 270 g/mol. The van der Waals surface area contributed by atoms with Crippen molar-refractivity contribution in [2.45, 2.75) is 13.5 Å². The van der Waals surface area contributed by atoms with Crippen molar-refractivity contribution >= 4 is 16.7 Å². The zero-order valence-corrected chi connectivity index (χ0v) is 11.2. The van der Waals surface area contributed by atoms with Crippen LogP contribution in [0.3, 0.4) is 0 Å². The molecular weight excluding hydrogens is 256 g/mol. The third-order valence-electron chi connectivity index (χ3n) is 3.43. The topological polar surface area (TPSA) is 91.6 Å². The molecular formula is C13H14N6O. The number of hydrogen-bond acceptors (Lipinski definition) is 5. The number of aromatic nitrogens is 5. The summed E-state index contributed by atoms with van der Waals surface area (Å²) in [5.41, 5.74) is 8.75. The molecule has 0 spiro atoms. The molecule has 3 aromatic rings. The molecule has 2 aromatic heterocycles. The first kappa shape index (κ1) is 12.3. The summed E-state index contributed by atoms with van der Waals surface area (Å²) in [5.74, 6) is 0. The van der Waals surface area contributed by atoms with Crippen molar-refractivity contribution in [2.75, 3.05) is 5.73 Å². The maximum atomic E-state index is 12.3. The van der Waals surface area contributed by atoms with Crippen LogP contribution in [0.15, 0.2) is 29.2 Å². The van der Waals surface area contributed by atoms with Gasteiger partial charge in [0.1, 0.15) is 5.39 Å². The van der Waals surface area contributed by atoms with Gasteiger partial charge >= 0.3 is 0 Å². The molecule has 0 aliphatic heterocycles. The Bertz CT molecular complexity index is 848. The fourth-order valence-electron chi connectivity index (χ4n) is 2.12. The Morgan fingerprint density at radius 3 is 2.95 bits per heavy atom. The second kappa shape index (κ2) is 4.44. The van der Waals surface area contributed by atoms with E-state index in [-0.39, 0.29) is 5.56 Å². The van der Waals surface area contributed by atoms with Crippen LogP contribution in [0.25, 0.3) is 11.0 Å². The maximum Gasteiger partial charge on any atom is 0.281 e. The number of nitrogen functional groups attached to an aromatic ring is 1. The summed E-state index contributed by atoms with van der Waals surface area (Å²) in [4.78, 5) is 12.3. The van der Waals surface area contributed by atoms with Crippen LogP contribution in [0.2, 0.25) is 0 Å². The van der Waals surface area contributed by atoms with Gasteiger partial charge in [0.2, 0.25) is 0 Å². The fraction of sp³-hybridized carbons (Fsp3) is 0.231. The van der Waals surface area contributed by atoms with Crippen LogP contribution in [-0.4, -0.2) is 24.8 Å². The highest BCUT2D eigenvalue weighted by Gasteiger charge is 2.11. The highest BCUT2D eigenvalue weighted by atomic mass is 16.1. The van der Waals surface area contributed by atoms with Crippen LogP contribution in [0, 0.1) is 6.92 Å². The molecule has 2 N–H and O–H groups in total. The smallest absolute Gasteiger partial charge is 0.281 e. The molecule has 0 unspecified atom stereocenters. The highest BCUT2D eigenvalue weighted by Crippen LogP contribution is 2.16. The Labute approximate surface area is 114 Å². The van der Waals surface area contributed by atoms with Crippen molar-refractivity contribution in [1.29, 1.82) is 0 Å². The van der Waals surface area contributed by atoms with Crippen LogP contribution in [0.4, 0.5) is 5.69 Å². The number of nitrogens with two attached hydrogens (primary N) is 1. The van der Waals surface area contributed by atoms with Crippen molar-refractivity contribution in [2.24, 2.45) is 7.05 Å². The Morgan fingerprint density at radius 1 is 1.35 bits per heavy atom. The summed E-state index contributed by atoms with van der Waals surface area (Å²) in [6, 6.07) is 5.61. The second-order valence-corrected chi connectivity index (χ2v) is 4.69. The quantitative estimate of drug-likeness (QED) is 0.683. The van der Waals surface area contributed by atoms with E-state index in [4.69, 9.17) is 5.73 Å². The monoisotopic (exact) mass is 270 g/mol. The Morgan fingerprint density at radius 2 is 2.15 bits per heavy atom. The maximum absolute atomic E-state index is 12.3. The molecule has 3 rings (SSSR count). The van der Waals surface area contributed by atoms with Crippen LogP contribution in [-0.2, 0) is 13.6 Å². The van der Waals surface area contributed by atoms with Crippen LogP contribution in [0.1, 0.15) is 11.1 Å². The minimum absolute atomic E-state index is 0.204. The van der Waals surface area contributed by atoms with Crippen molar-refractivity contribution < 1.29 is 0 Å². The molecule has 0 amide bonds. The minimum atomic E-state index is -0.204. The van der Waals surface area contributed by atoms with E-state index in [1.165, 1.54) is 15.6 Å². The summed E-state index contributed by atoms with van der Waals surface area (Å²) in [5, 5.41) is 12.5. The van der Waals surface area contributed by atoms with E-state index < -0.39 is 0 Å². The predicted molar refractivity (Wildman–Crippen MR) is 75.3 cm³/mol. The lowest BCUT2D eigenvalue weighted by Gasteiger charge is -2.08. The summed E-state index contributed by atoms with van der Waals surface area (Å²) >= 11 is 0. The zero-order chi connectivity index (χ0) is 14.3. The molecule has 7 nitrogen and oxygen atoms in total. The number of rotatable bonds is 2.